The molecule has 0 saturated carbocycles. The van der Waals surface area contributed by atoms with Crippen LogP contribution in [0.1, 0.15) is 27.2 Å². The van der Waals surface area contributed by atoms with E-state index >= 15 is 0 Å². The minimum Gasteiger partial charge on any atom is -0.480 e. The lowest BCUT2D eigenvalue weighted by molar-refractivity contribution is -0.140. The summed E-state index contributed by atoms with van der Waals surface area (Å²) >= 11 is 0. The fourth-order valence-electron chi connectivity index (χ4n) is 2.27. The van der Waals surface area contributed by atoms with Crippen LogP contribution in [0.3, 0.4) is 0 Å². The van der Waals surface area contributed by atoms with E-state index in [2.05, 4.69) is 17.1 Å². The topological polar surface area (TPSA) is 52.6 Å². The number of nitrogens with one attached hydrogen (secondary N) is 1. The molecule has 4 heteroatoms. The zero-order valence-electron chi connectivity index (χ0n) is 10.6. The van der Waals surface area contributed by atoms with Gasteiger partial charge < -0.3 is 15.3 Å². The van der Waals surface area contributed by atoms with E-state index in [1.807, 2.05) is 13.8 Å². The molecule has 0 aromatic carbocycles. The molecule has 4 nitrogen and oxygen atoms in total. The summed E-state index contributed by atoms with van der Waals surface area (Å²) in [6.45, 7) is 10.2. The zero-order chi connectivity index (χ0) is 12.1. The summed E-state index contributed by atoms with van der Waals surface area (Å²) in [5.74, 6) is 0.0158. The predicted octanol–water partition coefficient (Wildman–Crippen LogP) is 1.03. The molecule has 1 rings (SSSR count). The van der Waals surface area contributed by atoms with Crippen LogP contribution in [-0.4, -0.2) is 48.2 Å². The third-order valence-electron chi connectivity index (χ3n) is 3.38. The van der Waals surface area contributed by atoms with E-state index < -0.39 is 12.0 Å². The molecule has 1 aliphatic heterocycles. The van der Waals surface area contributed by atoms with Crippen LogP contribution in [0.2, 0.25) is 0 Å². The van der Waals surface area contributed by atoms with Gasteiger partial charge in [-0.05, 0) is 31.3 Å². The first-order chi connectivity index (χ1) is 7.54. The van der Waals surface area contributed by atoms with Crippen molar-refractivity contribution in [3.05, 3.63) is 0 Å². The SMILES string of the molecule is CCN1CCC(CNC(C(=O)O)C(C)C)C1. The van der Waals surface area contributed by atoms with Gasteiger partial charge >= 0.3 is 5.97 Å². The van der Waals surface area contributed by atoms with Gasteiger partial charge in [0.05, 0.1) is 0 Å². The molecule has 0 aromatic heterocycles. The minimum atomic E-state index is -0.736. The van der Waals surface area contributed by atoms with E-state index in [1.165, 1.54) is 6.42 Å². The summed E-state index contributed by atoms with van der Waals surface area (Å²) in [4.78, 5) is 13.4. The van der Waals surface area contributed by atoms with Crippen LogP contribution in [0.4, 0.5) is 0 Å². The normalized spacial score (nSPS) is 23.9. The van der Waals surface area contributed by atoms with Crippen molar-refractivity contribution in [3.63, 3.8) is 0 Å². The summed E-state index contributed by atoms with van der Waals surface area (Å²) in [5, 5.41) is 12.2. The Kier molecular flexibility index (Phi) is 5.22. The Morgan fingerprint density at radius 2 is 2.25 bits per heavy atom. The average molecular weight is 228 g/mol. The molecule has 0 aromatic rings. The highest BCUT2D eigenvalue weighted by Gasteiger charge is 2.25. The largest absolute Gasteiger partial charge is 0.480 e. The predicted molar refractivity (Wildman–Crippen MR) is 64.5 cm³/mol. The molecular weight excluding hydrogens is 204 g/mol. The number of carbonyl (C=O) groups is 1. The lowest BCUT2D eigenvalue weighted by Gasteiger charge is -2.20. The van der Waals surface area contributed by atoms with Crippen LogP contribution < -0.4 is 5.32 Å². The van der Waals surface area contributed by atoms with Crippen LogP contribution in [0.25, 0.3) is 0 Å². The van der Waals surface area contributed by atoms with E-state index in [-0.39, 0.29) is 5.92 Å². The van der Waals surface area contributed by atoms with Crippen LogP contribution in [-0.2, 0) is 4.79 Å². The van der Waals surface area contributed by atoms with E-state index in [4.69, 9.17) is 5.11 Å². The average Bonchev–Trinajstić information content (AvgIpc) is 2.65. The molecule has 16 heavy (non-hydrogen) atoms. The quantitative estimate of drug-likeness (QED) is 0.713. The second-order valence-corrected chi connectivity index (χ2v) is 5.02. The van der Waals surface area contributed by atoms with E-state index in [9.17, 15) is 4.79 Å². The molecule has 2 atom stereocenters. The van der Waals surface area contributed by atoms with Gasteiger partial charge in [-0.1, -0.05) is 20.8 Å². The lowest BCUT2D eigenvalue weighted by atomic mass is 10.0. The van der Waals surface area contributed by atoms with Crippen molar-refractivity contribution in [1.29, 1.82) is 0 Å². The molecule has 0 bridgehead atoms. The molecule has 0 radical (unpaired) electrons. The third-order valence-corrected chi connectivity index (χ3v) is 3.38. The van der Waals surface area contributed by atoms with Gasteiger partial charge in [-0.15, -0.1) is 0 Å². The van der Waals surface area contributed by atoms with Gasteiger partial charge in [0.15, 0.2) is 0 Å². The molecule has 2 N–H and O–H groups in total. The number of rotatable bonds is 6. The van der Waals surface area contributed by atoms with E-state index in [0.29, 0.717) is 5.92 Å². The minimum absolute atomic E-state index is 0.140. The highest BCUT2D eigenvalue weighted by Crippen LogP contribution is 2.15. The number of nitrogens with zero attached hydrogens (tertiary/aromatic N) is 1. The van der Waals surface area contributed by atoms with Gasteiger partial charge in [-0.3, -0.25) is 4.79 Å². The maximum absolute atomic E-state index is 11.0. The summed E-state index contributed by atoms with van der Waals surface area (Å²) < 4.78 is 0. The number of carboxylic acids is 1. The molecule has 2 unspecified atom stereocenters. The van der Waals surface area contributed by atoms with Crippen molar-refractivity contribution >= 4 is 5.97 Å². The van der Waals surface area contributed by atoms with Crippen molar-refractivity contribution < 1.29 is 9.90 Å². The molecular formula is C12H24N2O2. The Balaban J connectivity index is 2.30. The number of aliphatic carboxylic acids is 1. The van der Waals surface area contributed by atoms with Crippen molar-refractivity contribution in [2.24, 2.45) is 11.8 Å². The summed E-state index contributed by atoms with van der Waals surface area (Å²) in [6, 6.07) is -0.407. The van der Waals surface area contributed by atoms with Gasteiger partial charge in [-0.25, -0.2) is 0 Å². The fourth-order valence-corrected chi connectivity index (χ4v) is 2.27. The maximum atomic E-state index is 11.0. The second kappa shape index (κ2) is 6.21. The molecule has 0 spiro atoms. The number of carboxylic acid groups (broad SMARTS) is 1. The third kappa shape index (κ3) is 3.76. The second-order valence-electron chi connectivity index (χ2n) is 5.02. The van der Waals surface area contributed by atoms with Crippen molar-refractivity contribution in [2.45, 2.75) is 33.2 Å². The van der Waals surface area contributed by atoms with Crippen molar-refractivity contribution in [2.75, 3.05) is 26.2 Å². The molecule has 1 saturated heterocycles. The molecule has 0 amide bonds. The Labute approximate surface area is 98.0 Å². The maximum Gasteiger partial charge on any atom is 0.320 e. The highest BCUT2D eigenvalue weighted by atomic mass is 16.4. The number of likely N-dealkylation sites (tertiary alicyclic amines) is 1. The van der Waals surface area contributed by atoms with Gasteiger partial charge in [0.1, 0.15) is 6.04 Å². The summed E-state index contributed by atoms with van der Waals surface area (Å²) in [6.07, 6.45) is 1.19. The van der Waals surface area contributed by atoms with Gasteiger partial charge in [0, 0.05) is 13.1 Å². The highest BCUT2D eigenvalue weighted by molar-refractivity contribution is 5.73. The Morgan fingerprint density at radius 3 is 2.69 bits per heavy atom. The van der Waals surface area contributed by atoms with Gasteiger partial charge in [-0.2, -0.15) is 0 Å². The monoisotopic (exact) mass is 228 g/mol. The van der Waals surface area contributed by atoms with E-state index in [0.717, 1.165) is 26.2 Å². The van der Waals surface area contributed by atoms with Crippen molar-refractivity contribution in [3.8, 4) is 0 Å². The molecule has 1 heterocycles. The van der Waals surface area contributed by atoms with Gasteiger partial charge in [0.2, 0.25) is 0 Å². The summed E-state index contributed by atoms with van der Waals surface area (Å²) in [5.41, 5.74) is 0. The number of hydrogen-bond acceptors (Lipinski definition) is 3. The lowest BCUT2D eigenvalue weighted by Crippen LogP contribution is -2.43. The number of hydrogen-bond donors (Lipinski definition) is 2. The smallest absolute Gasteiger partial charge is 0.320 e. The fraction of sp³-hybridized carbons (Fsp3) is 0.917. The first kappa shape index (κ1) is 13.5. The summed E-state index contributed by atoms with van der Waals surface area (Å²) in [7, 11) is 0. The van der Waals surface area contributed by atoms with E-state index in [1.54, 1.807) is 0 Å². The van der Waals surface area contributed by atoms with Crippen LogP contribution in [0.5, 0.6) is 0 Å². The first-order valence-electron chi connectivity index (χ1n) is 6.23. The molecule has 1 fully saturated rings. The molecule has 94 valence electrons. The molecule has 0 aliphatic carbocycles. The van der Waals surface area contributed by atoms with Crippen LogP contribution >= 0.6 is 0 Å². The Hall–Kier alpha value is -0.610. The molecule has 1 aliphatic rings. The standard InChI is InChI=1S/C12H24N2O2/c1-4-14-6-5-10(8-14)7-13-11(9(2)3)12(15)16/h9-11,13H,4-8H2,1-3H3,(H,15,16). The van der Waals surface area contributed by atoms with Crippen LogP contribution in [0.15, 0.2) is 0 Å². The van der Waals surface area contributed by atoms with Crippen molar-refractivity contribution in [1.82, 2.24) is 10.2 Å². The van der Waals surface area contributed by atoms with Gasteiger partial charge in [0.25, 0.3) is 0 Å². The van der Waals surface area contributed by atoms with Crippen LogP contribution in [0, 0.1) is 11.8 Å². The Morgan fingerprint density at radius 1 is 1.56 bits per heavy atom. The zero-order valence-corrected chi connectivity index (χ0v) is 10.6. The first-order valence-corrected chi connectivity index (χ1v) is 6.23. The Bertz CT molecular complexity index is 231.